The van der Waals surface area contributed by atoms with Gasteiger partial charge in [0.25, 0.3) is 0 Å². The van der Waals surface area contributed by atoms with Gasteiger partial charge in [-0.1, -0.05) is 18.2 Å². The van der Waals surface area contributed by atoms with Crippen molar-refractivity contribution in [2.45, 2.75) is 46.7 Å². The number of anilines is 1. The number of rotatable bonds is 6. The quantitative estimate of drug-likeness (QED) is 0.378. The van der Waals surface area contributed by atoms with E-state index in [1.165, 1.54) is 14.0 Å². The number of hydrazone groups is 1. The number of nitrogens with zero attached hydrogens (tertiary/aromatic N) is 6. The summed E-state index contributed by atoms with van der Waals surface area (Å²) in [6, 6.07) is 8.01. The zero-order chi connectivity index (χ0) is 22.0. The molecule has 3 rings (SSSR count). The minimum atomic E-state index is -0.117. The molecule has 0 aliphatic heterocycles. The van der Waals surface area contributed by atoms with Crippen molar-refractivity contribution >= 4 is 28.5 Å². The Labute approximate surface area is 175 Å². The van der Waals surface area contributed by atoms with Crippen LogP contribution in [0, 0.1) is 0 Å². The van der Waals surface area contributed by atoms with Crippen molar-refractivity contribution in [2.24, 2.45) is 10.9 Å². The summed E-state index contributed by atoms with van der Waals surface area (Å²) in [6.45, 7) is 9.76. The second-order valence-electron chi connectivity index (χ2n) is 7.47. The van der Waals surface area contributed by atoms with Crippen LogP contribution in [0.1, 0.15) is 50.8 Å². The van der Waals surface area contributed by atoms with Crippen molar-refractivity contribution < 1.29 is 9.53 Å². The van der Waals surface area contributed by atoms with Gasteiger partial charge in [-0.2, -0.15) is 20.1 Å². The zero-order valence-corrected chi connectivity index (χ0v) is 18.1. The van der Waals surface area contributed by atoms with Crippen LogP contribution in [0.25, 0.3) is 10.9 Å². The van der Waals surface area contributed by atoms with Crippen LogP contribution in [0.3, 0.4) is 0 Å². The van der Waals surface area contributed by atoms with Crippen molar-refractivity contribution in [3.63, 3.8) is 0 Å². The van der Waals surface area contributed by atoms with Gasteiger partial charge in [0.15, 0.2) is 5.82 Å². The van der Waals surface area contributed by atoms with Crippen LogP contribution in [0.4, 0.5) is 5.95 Å². The van der Waals surface area contributed by atoms with Gasteiger partial charge in [-0.05, 0) is 33.8 Å². The minimum Gasteiger partial charge on any atom is -0.467 e. The number of carbonyl (C=O) groups excluding carboxylic acids is 1. The molecule has 0 aliphatic rings. The molecule has 0 aliphatic carbocycles. The minimum absolute atomic E-state index is 0.117. The lowest BCUT2D eigenvalue weighted by molar-refractivity contribution is 0.0941. The van der Waals surface area contributed by atoms with Gasteiger partial charge in [-0.25, -0.2) is 0 Å². The van der Waals surface area contributed by atoms with Crippen LogP contribution in [-0.4, -0.2) is 50.3 Å². The molecule has 1 aromatic carbocycles. The second-order valence-corrected chi connectivity index (χ2v) is 7.47. The predicted molar refractivity (Wildman–Crippen MR) is 117 cm³/mol. The molecule has 0 fully saturated rings. The third kappa shape index (κ3) is 3.83. The molecule has 0 saturated carbocycles. The highest BCUT2D eigenvalue weighted by molar-refractivity contribution is 6.18. The number of nitrogens with two attached hydrogens (primary N) is 1. The molecule has 0 saturated heterocycles. The number of hydrogen-bond donors (Lipinski definition) is 1. The number of carbonyl (C=O) groups is 1. The van der Waals surface area contributed by atoms with E-state index in [2.05, 4.69) is 52.6 Å². The van der Waals surface area contributed by atoms with Crippen molar-refractivity contribution in [1.29, 1.82) is 0 Å². The molecule has 0 radical (unpaired) electrons. The average molecular weight is 409 g/mol. The Hall–Kier alpha value is -3.49. The average Bonchev–Trinajstić information content (AvgIpc) is 3.08. The highest BCUT2D eigenvalue weighted by Gasteiger charge is 2.24. The fourth-order valence-corrected chi connectivity index (χ4v) is 3.59. The van der Waals surface area contributed by atoms with E-state index in [4.69, 9.17) is 10.6 Å². The van der Waals surface area contributed by atoms with Crippen LogP contribution in [0.5, 0.6) is 6.01 Å². The molecule has 158 valence electrons. The zero-order valence-electron chi connectivity index (χ0n) is 18.1. The monoisotopic (exact) mass is 409 g/mol. The Balaban J connectivity index is 2.23. The molecule has 9 heteroatoms. The number of hydrogen-bond acceptors (Lipinski definition) is 8. The number of para-hydroxylation sites is 1. The number of fused-ring (bicyclic) bond motifs is 1. The van der Waals surface area contributed by atoms with Gasteiger partial charge in [-0.15, -0.1) is 0 Å². The van der Waals surface area contributed by atoms with Gasteiger partial charge in [0, 0.05) is 36.2 Å². The third-order valence-electron chi connectivity index (χ3n) is 4.78. The third-order valence-corrected chi connectivity index (χ3v) is 4.78. The second kappa shape index (κ2) is 8.48. The molecule has 0 spiro atoms. The van der Waals surface area contributed by atoms with Crippen LogP contribution in [0.15, 0.2) is 35.6 Å². The van der Waals surface area contributed by atoms with E-state index in [1.54, 1.807) is 10.8 Å². The van der Waals surface area contributed by atoms with E-state index < -0.39 is 0 Å². The Kier molecular flexibility index (Phi) is 6.00. The lowest BCUT2D eigenvalue weighted by Gasteiger charge is -2.30. The van der Waals surface area contributed by atoms with Gasteiger partial charge in [-0.3, -0.25) is 9.36 Å². The van der Waals surface area contributed by atoms with Gasteiger partial charge in [0.1, 0.15) is 5.71 Å². The highest BCUT2D eigenvalue weighted by atomic mass is 16.5. The van der Waals surface area contributed by atoms with Gasteiger partial charge >= 0.3 is 6.01 Å². The van der Waals surface area contributed by atoms with Crippen molar-refractivity contribution in [3.8, 4) is 6.01 Å². The molecule has 0 atom stereocenters. The van der Waals surface area contributed by atoms with Crippen molar-refractivity contribution in [3.05, 3.63) is 41.9 Å². The Bertz CT molecular complexity index is 1090. The van der Waals surface area contributed by atoms with Gasteiger partial charge < -0.3 is 15.5 Å². The largest absolute Gasteiger partial charge is 0.467 e. The molecule has 0 unspecified atom stereocenters. The fourth-order valence-electron chi connectivity index (χ4n) is 3.59. The molecular formula is C21H27N7O2. The van der Waals surface area contributed by atoms with Gasteiger partial charge in [0.05, 0.1) is 12.6 Å². The summed E-state index contributed by atoms with van der Waals surface area (Å²) in [5.41, 5.74) is 1.76. The number of benzene rings is 1. The van der Waals surface area contributed by atoms with E-state index in [-0.39, 0.29) is 29.8 Å². The maximum atomic E-state index is 12.1. The Morgan fingerprint density at radius 3 is 2.37 bits per heavy atom. The van der Waals surface area contributed by atoms with Gasteiger partial charge in [0.2, 0.25) is 11.9 Å². The normalized spacial score (nSPS) is 12.1. The van der Waals surface area contributed by atoms with E-state index in [1.807, 2.05) is 24.3 Å². The van der Waals surface area contributed by atoms with Crippen molar-refractivity contribution in [2.75, 3.05) is 12.0 Å². The predicted octanol–water partition coefficient (Wildman–Crippen LogP) is 2.83. The lowest BCUT2D eigenvalue weighted by Crippen LogP contribution is -2.38. The number of methoxy groups -OCH3 is 1. The Morgan fingerprint density at radius 2 is 1.80 bits per heavy atom. The van der Waals surface area contributed by atoms with Crippen LogP contribution < -0.4 is 15.5 Å². The first-order valence-corrected chi connectivity index (χ1v) is 9.76. The molecule has 2 N–H and O–H groups in total. The smallest absolute Gasteiger partial charge is 0.321 e. The van der Waals surface area contributed by atoms with E-state index in [0.29, 0.717) is 17.2 Å². The SMILES string of the molecule is COc1nc(C(=NN)c2cn(C(C)=O)c3ccccc23)nc(N(C(C)C)C(C)C)n1. The summed E-state index contributed by atoms with van der Waals surface area (Å²) in [6.07, 6.45) is 1.71. The molecule has 2 heterocycles. The fraction of sp³-hybridized carbons (Fsp3) is 0.381. The summed E-state index contributed by atoms with van der Waals surface area (Å²) < 4.78 is 6.88. The number of aromatic nitrogens is 4. The highest BCUT2D eigenvalue weighted by Crippen LogP contribution is 2.25. The van der Waals surface area contributed by atoms with E-state index in [0.717, 1.165) is 10.9 Å². The molecular weight excluding hydrogens is 382 g/mol. The Morgan fingerprint density at radius 1 is 1.13 bits per heavy atom. The lowest BCUT2D eigenvalue weighted by atomic mass is 10.1. The molecule has 30 heavy (non-hydrogen) atoms. The van der Waals surface area contributed by atoms with Crippen LogP contribution in [0.2, 0.25) is 0 Å². The first kappa shape index (κ1) is 21.2. The maximum absolute atomic E-state index is 12.1. The molecule has 0 amide bonds. The summed E-state index contributed by atoms with van der Waals surface area (Å²) in [5.74, 6) is 6.42. The topological polar surface area (TPSA) is 112 Å². The molecule has 9 nitrogen and oxygen atoms in total. The first-order valence-electron chi connectivity index (χ1n) is 9.76. The summed E-state index contributed by atoms with van der Waals surface area (Å²) in [7, 11) is 1.50. The summed E-state index contributed by atoms with van der Waals surface area (Å²) in [4.78, 5) is 27.7. The molecule has 3 aromatic rings. The molecule has 2 aromatic heterocycles. The summed E-state index contributed by atoms with van der Waals surface area (Å²) >= 11 is 0. The maximum Gasteiger partial charge on any atom is 0.321 e. The van der Waals surface area contributed by atoms with Crippen molar-refractivity contribution in [1.82, 2.24) is 19.5 Å². The van der Waals surface area contributed by atoms with Crippen LogP contribution in [-0.2, 0) is 0 Å². The van der Waals surface area contributed by atoms with E-state index in [9.17, 15) is 4.79 Å². The molecule has 0 bridgehead atoms. The standard InChI is InChI=1S/C21H27N7O2/c1-12(2)28(13(3)4)20-23-19(24-21(25-20)30-6)18(26-22)16-11-27(14(5)29)17-10-8-7-9-15(16)17/h7-13H,22H2,1-6H3. The summed E-state index contributed by atoms with van der Waals surface area (Å²) in [5, 5.41) is 4.80. The van der Waals surface area contributed by atoms with Crippen LogP contribution >= 0.6 is 0 Å². The van der Waals surface area contributed by atoms with E-state index >= 15 is 0 Å². The number of ether oxygens (including phenoxy) is 1. The first-order chi connectivity index (χ1) is 14.3.